The number of unbranched alkanes of at least 4 members (excludes halogenated alkanes) is 7. The van der Waals surface area contributed by atoms with Crippen molar-refractivity contribution in [1.29, 1.82) is 0 Å². The third kappa shape index (κ3) is 9.77. The van der Waals surface area contributed by atoms with E-state index in [0.717, 1.165) is 12.8 Å². The first-order chi connectivity index (χ1) is 7.18. The summed E-state index contributed by atoms with van der Waals surface area (Å²) in [4.78, 5) is 10.8. The smallest absolute Gasteiger partial charge is 0.220 e. The Hall–Kier alpha value is -0.530. The van der Waals surface area contributed by atoms with Gasteiger partial charge in [-0.15, -0.1) is 0 Å². The Kier molecular flexibility index (Phi) is 9.65. The van der Waals surface area contributed by atoms with Crippen LogP contribution in [-0.4, -0.2) is 5.91 Å². The maximum absolute atomic E-state index is 10.8. The van der Waals surface area contributed by atoms with Crippen LogP contribution in [0.1, 0.15) is 71.6 Å². The zero-order valence-corrected chi connectivity index (χ0v) is 10.4. The highest BCUT2D eigenvalue weighted by Gasteiger charge is 2.06. The molecule has 2 N–H and O–H groups in total. The van der Waals surface area contributed by atoms with Crippen molar-refractivity contribution >= 4 is 5.91 Å². The molecule has 1 amide bonds. The number of hydrogen-bond donors (Lipinski definition) is 1. The topological polar surface area (TPSA) is 43.1 Å². The van der Waals surface area contributed by atoms with Crippen molar-refractivity contribution in [3.63, 3.8) is 0 Å². The van der Waals surface area contributed by atoms with E-state index in [2.05, 4.69) is 6.92 Å². The van der Waals surface area contributed by atoms with Crippen LogP contribution in [-0.2, 0) is 4.79 Å². The van der Waals surface area contributed by atoms with Gasteiger partial charge in [-0.25, -0.2) is 0 Å². The summed E-state index contributed by atoms with van der Waals surface area (Å²) in [5.41, 5.74) is 5.19. The summed E-state index contributed by atoms with van der Waals surface area (Å²) in [6.45, 7) is 4.16. The summed E-state index contributed by atoms with van der Waals surface area (Å²) in [5, 5.41) is 0. The Morgan fingerprint density at radius 1 is 1.00 bits per heavy atom. The summed E-state index contributed by atoms with van der Waals surface area (Å²) in [5.74, 6) is -0.0944. The summed E-state index contributed by atoms with van der Waals surface area (Å²) in [6.07, 6.45) is 11.5. The van der Waals surface area contributed by atoms with Crippen molar-refractivity contribution in [1.82, 2.24) is 0 Å². The second-order valence-corrected chi connectivity index (χ2v) is 4.57. The van der Waals surface area contributed by atoms with Gasteiger partial charge in [0.25, 0.3) is 0 Å². The summed E-state index contributed by atoms with van der Waals surface area (Å²) < 4.78 is 0. The molecule has 0 heterocycles. The summed E-state index contributed by atoms with van der Waals surface area (Å²) in [6, 6.07) is 0. The second-order valence-electron chi connectivity index (χ2n) is 4.57. The zero-order valence-electron chi connectivity index (χ0n) is 10.4. The van der Waals surface area contributed by atoms with Crippen LogP contribution >= 0.6 is 0 Å². The average Bonchev–Trinajstić information content (AvgIpc) is 2.21. The number of nitrogens with two attached hydrogens (primary N) is 1. The number of hydrogen-bond acceptors (Lipinski definition) is 1. The molecule has 0 rings (SSSR count). The SMILES string of the molecule is CCCCCCCCCC[C@@H](C)C(N)=O. The molecule has 0 unspecified atom stereocenters. The molecule has 2 nitrogen and oxygen atoms in total. The van der Waals surface area contributed by atoms with Gasteiger partial charge in [-0.1, -0.05) is 65.2 Å². The minimum absolute atomic E-state index is 0.0603. The maximum Gasteiger partial charge on any atom is 0.220 e. The largest absolute Gasteiger partial charge is 0.369 e. The molecule has 0 aromatic carbocycles. The predicted octanol–water partition coefficient (Wildman–Crippen LogP) is 3.64. The van der Waals surface area contributed by atoms with E-state index in [1.807, 2.05) is 6.92 Å². The van der Waals surface area contributed by atoms with Crippen molar-refractivity contribution in [2.45, 2.75) is 71.6 Å². The Morgan fingerprint density at radius 2 is 1.47 bits per heavy atom. The lowest BCUT2D eigenvalue weighted by molar-refractivity contribution is -0.121. The first-order valence-corrected chi connectivity index (χ1v) is 6.47. The lowest BCUT2D eigenvalue weighted by Gasteiger charge is -2.06. The van der Waals surface area contributed by atoms with E-state index < -0.39 is 0 Å². The first kappa shape index (κ1) is 14.5. The minimum atomic E-state index is -0.155. The van der Waals surface area contributed by atoms with Gasteiger partial charge in [0.05, 0.1) is 0 Å². The molecule has 0 radical (unpaired) electrons. The van der Waals surface area contributed by atoms with E-state index in [1.165, 1.54) is 44.9 Å². The van der Waals surface area contributed by atoms with Gasteiger partial charge >= 0.3 is 0 Å². The third-order valence-corrected chi connectivity index (χ3v) is 2.98. The Labute approximate surface area is 94.6 Å². The molecule has 90 valence electrons. The van der Waals surface area contributed by atoms with Gasteiger partial charge in [0.1, 0.15) is 0 Å². The van der Waals surface area contributed by atoms with Gasteiger partial charge in [0.15, 0.2) is 0 Å². The van der Waals surface area contributed by atoms with Crippen LogP contribution in [0.5, 0.6) is 0 Å². The summed E-state index contributed by atoms with van der Waals surface area (Å²) in [7, 11) is 0. The van der Waals surface area contributed by atoms with Crippen LogP contribution in [0.4, 0.5) is 0 Å². The van der Waals surface area contributed by atoms with Crippen molar-refractivity contribution in [2.75, 3.05) is 0 Å². The van der Waals surface area contributed by atoms with E-state index in [4.69, 9.17) is 5.73 Å². The molecule has 0 saturated carbocycles. The summed E-state index contributed by atoms with van der Waals surface area (Å²) >= 11 is 0. The van der Waals surface area contributed by atoms with E-state index in [0.29, 0.717) is 0 Å². The van der Waals surface area contributed by atoms with Crippen LogP contribution in [0.3, 0.4) is 0 Å². The highest BCUT2D eigenvalue weighted by atomic mass is 16.1. The van der Waals surface area contributed by atoms with Gasteiger partial charge in [-0.05, 0) is 6.42 Å². The normalized spacial score (nSPS) is 12.7. The lowest BCUT2D eigenvalue weighted by atomic mass is 10.0. The quantitative estimate of drug-likeness (QED) is 0.553. The molecule has 0 aromatic rings. The fraction of sp³-hybridized carbons (Fsp3) is 0.923. The molecular weight excluding hydrogens is 186 g/mol. The maximum atomic E-state index is 10.8. The van der Waals surface area contributed by atoms with E-state index in [1.54, 1.807) is 0 Å². The monoisotopic (exact) mass is 213 g/mol. The lowest BCUT2D eigenvalue weighted by Crippen LogP contribution is -2.20. The number of carbonyl (C=O) groups is 1. The van der Waals surface area contributed by atoms with Crippen LogP contribution in [0.15, 0.2) is 0 Å². The molecule has 2 heteroatoms. The molecule has 1 atom stereocenters. The van der Waals surface area contributed by atoms with E-state index in [-0.39, 0.29) is 11.8 Å². The molecule has 15 heavy (non-hydrogen) atoms. The van der Waals surface area contributed by atoms with Crippen molar-refractivity contribution in [2.24, 2.45) is 11.7 Å². The Bertz CT molecular complexity index is 157. The molecule has 0 aliphatic heterocycles. The third-order valence-electron chi connectivity index (χ3n) is 2.98. The second kappa shape index (κ2) is 10.0. The molecule has 0 fully saturated rings. The fourth-order valence-corrected chi connectivity index (χ4v) is 1.73. The van der Waals surface area contributed by atoms with Crippen LogP contribution in [0.2, 0.25) is 0 Å². The molecule has 0 bridgehead atoms. The van der Waals surface area contributed by atoms with E-state index >= 15 is 0 Å². The van der Waals surface area contributed by atoms with Crippen molar-refractivity contribution in [3.05, 3.63) is 0 Å². The molecule has 0 aliphatic rings. The van der Waals surface area contributed by atoms with Crippen LogP contribution in [0, 0.1) is 5.92 Å². The standard InChI is InChI=1S/C13H27NO/c1-3-4-5-6-7-8-9-10-11-12(2)13(14)15/h12H,3-11H2,1-2H3,(H2,14,15)/t12-/m1/s1. The van der Waals surface area contributed by atoms with Crippen LogP contribution < -0.4 is 5.73 Å². The first-order valence-electron chi connectivity index (χ1n) is 6.47. The average molecular weight is 213 g/mol. The highest BCUT2D eigenvalue weighted by molar-refractivity contribution is 5.76. The number of rotatable bonds is 10. The van der Waals surface area contributed by atoms with Gasteiger partial charge in [-0.3, -0.25) is 4.79 Å². The number of carbonyl (C=O) groups excluding carboxylic acids is 1. The van der Waals surface area contributed by atoms with Crippen molar-refractivity contribution in [3.8, 4) is 0 Å². The zero-order chi connectivity index (χ0) is 11.5. The molecule has 0 aliphatic carbocycles. The Morgan fingerprint density at radius 3 is 1.93 bits per heavy atom. The highest BCUT2D eigenvalue weighted by Crippen LogP contribution is 2.12. The number of amides is 1. The van der Waals surface area contributed by atoms with Gasteiger partial charge in [-0.2, -0.15) is 0 Å². The van der Waals surface area contributed by atoms with Gasteiger partial charge in [0, 0.05) is 5.92 Å². The van der Waals surface area contributed by atoms with Gasteiger partial charge in [0.2, 0.25) is 5.91 Å². The predicted molar refractivity (Wildman–Crippen MR) is 65.6 cm³/mol. The fourth-order valence-electron chi connectivity index (χ4n) is 1.73. The molecule has 0 spiro atoms. The molecule has 0 aromatic heterocycles. The van der Waals surface area contributed by atoms with E-state index in [9.17, 15) is 4.79 Å². The molecular formula is C13H27NO. The van der Waals surface area contributed by atoms with Crippen molar-refractivity contribution < 1.29 is 4.79 Å². The molecule has 0 saturated heterocycles. The van der Waals surface area contributed by atoms with Crippen LogP contribution in [0.25, 0.3) is 0 Å². The number of primary amides is 1. The minimum Gasteiger partial charge on any atom is -0.369 e. The Balaban J connectivity index is 3.08. The van der Waals surface area contributed by atoms with Gasteiger partial charge < -0.3 is 5.73 Å².